The molecule has 0 aliphatic heterocycles. The predicted octanol–water partition coefficient (Wildman–Crippen LogP) is 3.72. The summed E-state index contributed by atoms with van der Waals surface area (Å²) in [5, 5.41) is 0. The van der Waals surface area contributed by atoms with Gasteiger partial charge < -0.3 is 0 Å². The van der Waals surface area contributed by atoms with Gasteiger partial charge in [-0.05, 0) is 31.1 Å². The van der Waals surface area contributed by atoms with E-state index in [1.54, 1.807) is 0 Å². The third-order valence-corrected chi connectivity index (χ3v) is 3.36. The van der Waals surface area contributed by atoms with E-state index in [2.05, 4.69) is 0 Å². The summed E-state index contributed by atoms with van der Waals surface area (Å²) in [5.74, 6) is 3.00. The molecule has 2 fully saturated rings. The molecule has 0 aromatic heterocycles. The molecule has 2 bridgehead atoms. The molecule has 0 aromatic rings. The Kier molecular flexibility index (Phi) is 2.50. The first-order valence-corrected chi connectivity index (χ1v) is 5.29. The summed E-state index contributed by atoms with van der Waals surface area (Å²) in [5.41, 5.74) is 0. The fourth-order valence-electron chi connectivity index (χ4n) is 2.71. The molecule has 2 aliphatic rings. The van der Waals surface area contributed by atoms with Gasteiger partial charge in [0, 0.05) is 0 Å². The average Bonchev–Trinajstić information content (AvgIpc) is 2.02. The van der Waals surface area contributed by atoms with Crippen LogP contribution in [0.2, 0.25) is 0 Å². The monoisotopic (exact) mass is 151 g/mol. The predicted molar refractivity (Wildman–Crippen MR) is 48.3 cm³/mol. The number of fused-ring (bicyclic) bond motifs is 2. The molecule has 0 heteroatoms. The van der Waals surface area contributed by atoms with Gasteiger partial charge in [0.15, 0.2) is 0 Å². The van der Waals surface area contributed by atoms with Gasteiger partial charge >= 0.3 is 0 Å². The molecule has 1 unspecified atom stereocenters. The van der Waals surface area contributed by atoms with E-state index in [9.17, 15) is 0 Å². The molecule has 63 valence electrons. The van der Waals surface area contributed by atoms with E-state index in [0.717, 1.165) is 5.92 Å². The topological polar surface area (TPSA) is 0 Å². The standard InChI is InChI=1S/C11H19/c1-2-5-10-7-4-8-11(9-10)6-3-1/h10H,1-9H2. The Morgan fingerprint density at radius 1 is 0.818 bits per heavy atom. The first-order valence-electron chi connectivity index (χ1n) is 5.29. The van der Waals surface area contributed by atoms with Crippen LogP contribution in [0, 0.1) is 11.8 Å². The van der Waals surface area contributed by atoms with Crippen LogP contribution in [-0.2, 0) is 0 Å². The van der Waals surface area contributed by atoms with Crippen LogP contribution in [0.25, 0.3) is 0 Å². The van der Waals surface area contributed by atoms with E-state index in [1.807, 2.05) is 5.92 Å². The highest BCUT2D eigenvalue weighted by Crippen LogP contribution is 2.38. The number of hydrogen-bond acceptors (Lipinski definition) is 0. The maximum absolute atomic E-state index is 1.90. The van der Waals surface area contributed by atoms with Crippen LogP contribution in [0.1, 0.15) is 57.8 Å². The summed E-state index contributed by atoms with van der Waals surface area (Å²) in [7, 11) is 0. The minimum Gasteiger partial charge on any atom is -0.0533 e. The molecule has 0 heterocycles. The van der Waals surface area contributed by atoms with Crippen LogP contribution in [-0.4, -0.2) is 0 Å². The van der Waals surface area contributed by atoms with Crippen molar-refractivity contribution < 1.29 is 0 Å². The van der Waals surface area contributed by atoms with Crippen LogP contribution < -0.4 is 0 Å². The third-order valence-electron chi connectivity index (χ3n) is 3.36. The Balaban J connectivity index is 1.90. The summed E-state index contributed by atoms with van der Waals surface area (Å²) in [4.78, 5) is 0. The third kappa shape index (κ3) is 1.98. The summed E-state index contributed by atoms with van der Waals surface area (Å²) in [6, 6.07) is 0. The first-order chi connectivity index (χ1) is 5.45. The highest BCUT2D eigenvalue weighted by molar-refractivity contribution is 4.96. The normalized spacial score (nSPS) is 34.4. The lowest BCUT2D eigenvalue weighted by atomic mass is 9.75. The van der Waals surface area contributed by atoms with Crippen molar-refractivity contribution in [2.24, 2.45) is 5.92 Å². The maximum Gasteiger partial charge on any atom is -0.0238 e. The van der Waals surface area contributed by atoms with Crippen LogP contribution in [0.5, 0.6) is 0 Å². The van der Waals surface area contributed by atoms with Gasteiger partial charge in [-0.2, -0.15) is 0 Å². The minimum atomic E-state index is 1.10. The second-order valence-corrected chi connectivity index (χ2v) is 4.31. The van der Waals surface area contributed by atoms with Crippen molar-refractivity contribution in [2.75, 3.05) is 0 Å². The lowest BCUT2D eigenvalue weighted by Gasteiger charge is -2.30. The fourth-order valence-corrected chi connectivity index (χ4v) is 2.71. The van der Waals surface area contributed by atoms with Gasteiger partial charge in [-0.15, -0.1) is 0 Å². The Hall–Kier alpha value is 0. The van der Waals surface area contributed by atoms with E-state index in [-0.39, 0.29) is 0 Å². The Morgan fingerprint density at radius 3 is 2.64 bits per heavy atom. The highest BCUT2D eigenvalue weighted by atomic mass is 14.3. The summed E-state index contributed by atoms with van der Waals surface area (Å²) in [6.07, 6.45) is 13.5. The lowest BCUT2D eigenvalue weighted by Crippen LogP contribution is -2.15. The molecular formula is C11H19. The van der Waals surface area contributed by atoms with E-state index >= 15 is 0 Å². The molecule has 2 saturated carbocycles. The Bertz CT molecular complexity index is 105. The van der Waals surface area contributed by atoms with Gasteiger partial charge in [0.2, 0.25) is 0 Å². The number of hydrogen-bond donors (Lipinski definition) is 0. The van der Waals surface area contributed by atoms with Crippen LogP contribution in [0.3, 0.4) is 0 Å². The van der Waals surface area contributed by atoms with Crippen molar-refractivity contribution in [3.8, 4) is 0 Å². The summed E-state index contributed by atoms with van der Waals surface area (Å²) >= 11 is 0. The molecule has 1 radical (unpaired) electrons. The Labute approximate surface area is 70.4 Å². The van der Waals surface area contributed by atoms with Crippen molar-refractivity contribution in [1.82, 2.24) is 0 Å². The lowest BCUT2D eigenvalue weighted by molar-refractivity contribution is 0.317. The zero-order chi connectivity index (χ0) is 7.52. The largest absolute Gasteiger partial charge is 0.0533 e. The quantitative estimate of drug-likeness (QED) is 0.495. The molecule has 1 atom stereocenters. The van der Waals surface area contributed by atoms with Gasteiger partial charge in [0.05, 0.1) is 0 Å². The second kappa shape index (κ2) is 3.60. The van der Waals surface area contributed by atoms with E-state index in [4.69, 9.17) is 0 Å². The molecule has 11 heavy (non-hydrogen) atoms. The van der Waals surface area contributed by atoms with Gasteiger partial charge in [0.25, 0.3) is 0 Å². The van der Waals surface area contributed by atoms with Crippen LogP contribution in [0.15, 0.2) is 0 Å². The van der Waals surface area contributed by atoms with Crippen molar-refractivity contribution in [1.29, 1.82) is 0 Å². The van der Waals surface area contributed by atoms with Gasteiger partial charge in [-0.1, -0.05) is 38.5 Å². The molecule has 0 saturated heterocycles. The SMILES string of the molecule is C1CC[C]2CCCC(CC1)C2. The molecule has 0 aromatic carbocycles. The van der Waals surface area contributed by atoms with Crippen molar-refractivity contribution in [2.45, 2.75) is 57.8 Å². The maximum atomic E-state index is 1.90. The van der Waals surface area contributed by atoms with Gasteiger partial charge in [0.1, 0.15) is 0 Å². The minimum absolute atomic E-state index is 1.10. The van der Waals surface area contributed by atoms with Crippen molar-refractivity contribution in [3.63, 3.8) is 0 Å². The van der Waals surface area contributed by atoms with E-state index in [1.165, 1.54) is 57.8 Å². The molecule has 0 amide bonds. The zero-order valence-corrected chi connectivity index (χ0v) is 7.44. The molecule has 2 aliphatic carbocycles. The molecule has 0 N–H and O–H groups in total. The average molecular weight is 151 g/mol. The zero-order valence-electron chi connectivity index (χ0n) is 7.44. The molecular weight excluding hydrogens is 132 g/mol. The van der Waals surface area contributed by atoms with E-state index in [0.29, 0.717) is 0 Å². The van der Waals surface area contributed by atoms with Crippen molar-refractivity contribution >= 4 is 0 Å². The van der Waals surface area contributed by atoms with Gasteiger partial charge in [-0.25, -0.2) is 0 Å². The molecule has 2 rings (SSSR count). The highest BCUT2D eigenvalue weighted by Gasteiger charge is 2.23. The van der Waals surface area contributed by atoms with E-state index < -0.39 is 0 Å². The van der Waals surface area contributed by atoms with Crippen LogP contribution >= 0.6 is 0 Å². The van der Waals surface area contributed by atoms with Gasteiger partial charge in [-0.3, -0.25) is 0 Å². The fraction of sp³-hybridized carbons (Fsp3) is 0.909. The Morgan fingerprint density at radius 2 is 1.64 bits per heavy atom. The first kappa shape index (κ1) is 7.64. The number of rotatable bonds is 0. The molecule has 0 nitrogen and oxygen atoms in total. The summed E-state index contributed by atoms with van der Waals surface area (Å²) < 4.78 is 0. The second-order valence-electron chi connectivity index (χ2n) is 4.31. The smallest absolute Gasteiger partial charge is 0.0238 e. The summed E-state index contributed by atoms with van der Waals surface area (Å²) in [6.45, 7) is 0. The molecule has 0 spiro atoms. The van der Waals surface area contributed by atoms with Crippen molar-refractivity contribution in [3.05, 3.63) is 5.92 Å². The van der Waals surface area contributed by atoms with Crippen LogP contribution in [0.4, 0.5) is 0 Å².